The van der Waals surface area contributed by atoms with Crippen molar-refractivity contribution >= 4 is 21.8 Å². The summed E-state index contributed by atoms with van der Waals surface area (Å²) in [5, 5.41) is 8.38. The number of carbonyl (C=O) groups is 1. The van der Waals surface area contributed by atoms with Crippen molar-refractivity contribution < 1.29 is 19.1 Å². The molecule has 0 aliphatic carbocycles. The van der Waals surface area contributed by atoms with Gasteiger partial charge in [0.2, 0.25) is 0 Å². The van der Waals surface area contributed by atoms with Gasteiger partial charge in [0.15, 0.2) is 0 Å². The Morgan fingerprint density at radius 2 is 2.33 bits per heavy atom. The molecule has 0 spiro atoms. The third kappa shape index (κ3) is 3.58. The van der Waals surface area contributed by atoms with E-state index in [2.05, 4.69) is 20.8 Å². The maximum Gasteiger partial charge on any atom is 0.277 e. The van der Waals surface area contributed by atoms with Crippen LogP contribution in [0.3, 0.4) is 0 Å². The summed E-state index contributed by atoms with van der Waals surface area (Å²) in [4.78, 5) is 15.8. The van der Waals surface area contributed by atoms with E-state index in [0.29, 0.717) is 4.47 Å². The monoisotopic (exact) mass is 277 g/mol. The molecule has 0 radical (unpaired) electrons. The van der Waals surface area contributed by atoms with Gasteiger partial charge >= 0.3 is 0 Å². The van der Waals surface area contributed by atoms with E-state index in [-0.39, 0.29) is 18.8 Å². The van der Waals surface area contributed by atoms with Gasteiger partial charge in [-0.1, -0.05) is 15.9 Å². The van der Waals surface area contributed by atoms with E-state index in [4.69, 9.17) is 5.11 Å². The van der Waals surface area contributed by atoms with Crippen molar-refractivity contribution in [2.75, 3.05) is 13.2 Å². The van der Waals surface area contributed by atoms with E-state index in [0.717, 1.165) is 0 Å². The Kier molecular flexibility index (Phi) is 4.67. The van der Waals surface area contributed by atoms with Crippen molar-refractivity contribution in [3.63, 3.8) is 0 Å². The molecule has 0 unspecified atom stereocenters. The number of amides is 1. The van der Waals surface area contributed by atoms with Gasteiger partial charge < -0.3 is 5.11 Å². The van der Waals surface area contributed by atoms with Crippen molar-refractivity contribution in [3.8, 4) is 0 Å². The summed E-state index contributed by atoms with van der Waals surface area (Å²) in [5.74, 6) is -1.33. The molecule has 0 fully saturated rings. The van der Waals surface area contributed by atoms with Crippen LogP contribution in [0.25, 0.3) is 0 Å². The van der Waals surface area contributed by atoms with Crippen LogP contribution in [0.15, 0.2) is 22.7 Å². The zero-order valence-corrected chi connectivity index (χ0v) is 9.25. The lowest BCUT2D eigenvalue weighted by atomic mass is 10.2. The molecular weight excluding hydrogens is 269 g/mol. The lowest BCUT2D eigenvalue weighted by Crippen LogP contribution is -2.25. The van der Waals surface area contributed by atoms with Gasteiger partial charge in [-0.2, -0.15) is 0 Å². The predicted octanol–water partition coefficient (Wildman–Crippen LogP) is 1.24. The average molecular weight is 278 g/mol. The fourth-order valence-electron chi connectivity index (χ4n) is 0.891. The SMILES string of the molecule is O=C(NOCCO)c1ccc(Br)cc1F. The van der Waals surface area contributed by atoms with Crippen molar-refractivity contribution in [2.24, 2.45) is 0 Å². The molecule has 0 aromatic heterocycles. The minimum Gasteiger partial charge on any atom is -0.394 e. The van der Waals surface area contributed by atoms with E-state index in [1.165, 1.54) is 12.1 Å². The van der Waals surface area contributed by atoms with Crippen LogP contribution in [0.2, 0.25) is 0 Å². The number of aliphatic hydroxyl groups is 1. The number of aliphatic hydroxyl groups excluding tert-OH is 1. The van der Waals surface area contributed by atoms with Crippen molar-refractivity contribution in [3.05, 3.63) is 34.1 Å². The number of hydrogen-bond acceptors (Lipinski definition) is 3. The van der Waals surface area contributed by atoms with Crippen LogP contribution in [-0.4, -0.2) is 24.2 Å². The van der Waals surface area contributed by atoms with Crippen molar-refractivity contribution in [1.82, 2.24) is 5.48 Å². The highest BCUT2D eigenvalue weighted by Crippen LogP contribution is 2.14. The van der Waals surface area contributed by atoms with Crippen LogP contribution in [-0.2, 0) is 4.84 Å². The number of hydrogen-bond donors (Lipinski definition) is 2. The Hall–Kier alpha value is -0.980. The number of carbonyl (C=O) groups excluding carboxylic acids is 1. The van der Waals surface area contributed by atoms with Crippen molar-refractivity contribution in [1.29, 1.82) is 0 Å². The minimum atomic E-state index is -0.687. The molecule has 2 N–H and O–H groups in total. The van der Waals surface area contributed by atoms with Crippen LogP contribution in [0.5, 0.6) is 0 Å². The van der Waals surface area contributed by atoms with E-state index in [1.54, 1.807) is 6.07 Å². The first-order chi connectivity index (χ1) is 7.15. The Morgan fingerprint density at radius 3 is 2.93 bits per heavy atom. The van der Waals surface area contributed by atoms with E-state index in [9.17, 15) is 9.18 Å². The van der Waals surface area contributed by atoms with E-state index >= 15 is 0 Å². The summed E-state index contributed by atoms with van der Waals surface area (Å²) >= 11 is 3.07. The molecule has 0 atom stereocenters. The van der Waals surface area contributed by atoms with Gasteiger partial charge in [-0.05, 0) is 18.2 Å². The fraction of sp³-hybridized carbons (Fsp3) is 0.222. The summed E-state index contributed by atoms with van der Waals surface area (Å²) < 4.78 is 13.8. The Labute approximate surface area is 94.1 Å². The Balaban J connectivity index is 2.65. The van der Waals surface area contributed by atoms with Crippen LogP contribution in [0.4, 0.5) is 4.39 Å². The summed E-state index contributed by atoms with van der Waals surface area (Å²) in [6.45, 7) is -0.257. The lowest BCUT2D eigenvalue weighted by Gasteiger charge is -2.05. The molecule has 0 saturated heterocycles. The smallest absolute Gasteiger partial charge is 0.277 e. The molecule has 4 nitrogen and oxygen atoms in total. The second-order valence-corrected chi connectivity index (χ2v) is 3.54. The van der Waals surface area contributed by atoms with Crippen LogP contribution >= 0.6 is 15.9 Å². The zero-order chi connectivity index (χ0) is 11.3. The third-order valence-electron chi connectivity index (χ3n) is 1.53. The molecule has 1 amide bonds. The second-order valence-electron chi connectivity index (χ2n) is 2.63. The Morgan fingerprint density at radius 1 is 1.60 bits per heavy atom. The van der Waals surface area contributed by atoms with Gasteiger partial charge in [-0.25, -0.2) is 9.87 Å². The molecule has 0 aliphatic heterocycles. The Bertz CT molecular complexity index is 359. The van der Waals surface area contributed by atoms with Gasteiger partial charge in [0.25, 0.3) is 5.91 Å². The van der Waals surface area contributed by atoms with Crippen LogP contribution in [0, 0.1) is 5.82 Å². The van der Waals surface area contributed by atoms with Gasteiger partial charge in [0.1, 0.15) is 5.82 Å². The standard InChI is InChI=1S/C9H9BrFNO3/c10-6-1-2-7(8(11)5-6)9(14)12-15-4-3-13/h1-2,5,13H,3-4H2,(H,12,14). The second kappa shape index (κ2) is 5.79. The molecule has 82 valence electrons. The molecule has 15 heavy (non-hydrogen) atoms. The minimum absolute atomic E-state index is 0.0378. The van der Waals surface area contributed by atoms with Gasteiger partial charge in [0, 0.05) is 4.47 Å². The normalized spacial score (nSPS) is 10.1. The molecule has 1 rings (SSSR count). The van der Waals surface area contributed by atoms with Gasteiger partial charge in [-0.3, -0.25) is 9.63 Å². The first-order valence-corrected chi connectivity index (χ1v) is 4.92. The fourth-order valence-corrected chi connectivity index (χ4v) is 1.22. The summed E-state index contributed by atoms with van der Waals surface area (Å²) in [6, 6.07) is 4.06. The highest BCUT2D eigenvalue weighted by atomic mass is 79.9. The first kappa shape index (κ1) is 12.1. The number of nitrogens with one attached hydrogen (secondary N) is 1. The summed E-state index contributed by atoms with van der Waals surface area (Å²) in [7, 11) is 0. The number of hydroxylamine groups is 1. The quantitative estimate of drug-likeness (QED) is 0.643. The van der Waals surface area contributed by atoms with Gasteiger partial charge in [0.05, 0.1) is 18.8 Å². The van der Waals surface area contributed by atoms with Crippen LogP contribution < -0.4 is 5.48 Å². The molecule has 0 aliphatic rings. The maximum atomic E-state index is 13.2. The lowest BCUT2D eigenvalue weighted by molar-refractivity contribution is 0.0165. The number of rotatable bonds is 4. The highest BCUT2D eigenvalue weighted by Gasteiger charge is 2.11. The maximum absolute atomic E-state index is 13.2. The first-order valence-electron chi connectivity index (χ1n) is 4.13. The molecule has 0 heterocycles. The molecule has 0 bridgehead atoms. The number of halogens is 2. The molecule has 1 aromatic carbocycles. The van der Waals surface area contributed by atoms with Crippen LogP contribution in [0.1, 0.15) is 10.4 Å². The molecular formula is C9H9BrFNO3. The molecule has 1 aromatic rings. The topological polar surface area (TPSA) is 58.6 Å². The summed E-state index contributed by atoms with van der Waals surface area (Å²) in [5.41, 5.74) is 1.89. The van der Waals surface area contributed by atoms with Crippen molar-refractivity contribution in [2.45, 2.75) is 0 Å². The van der Waals surface area contributed by atoms with Gasteiger partial charge in [-0.15, -0.1) is 0 Å². The zero-order valence-electron chi connectivity index (χ0n) is 7.67. The highest BCUT2D eigenvalue weighted by molar-refractivity contribution is 9.10. The third-order valence-corrected chi connectivity index (χ3v) is 2.03. The predicted molar refractivity (Wildman–Crippen MR) is 54.6 cm³/mol. The number of benzene rings is 1. The van der Waals surface area contributed by atoms with E-state index < -0.39 is 11.7 Å². The van der Waals surface area contributed by atoms with E-state index in [1.807, 2.05) is 5.48 Å². The molecule has 0 saturated carbocycles. The molecule has 6 heteroatoms. The largest absolute Gasteiger partial charge is 0.394 e. The summed E-state index contributed by atoms with van der Waals surface area (Å²) in [6.07, 6.45) is 0. The average Bonchev–Trinajstić information content (AvgIpc) is 2.17.